The van der Waals surface area contributed by atoms with Crippen molar-refractivity contribution < 1.29 is 32.5 Å². The van der Waals surface area contributed by atoms with Gasteiger partial charge in [-0.2, -0.15) is 18.2 Å². The summed E-state index contributed by atoms with van der Waals surface area (Å²) in [6.45, 7) is 2.99. The van der Waals surface area contributed by atoms with Crippen molar-refractivity contribution in [2.45, 2.75) is 44.8 Å². The Morgan fingerprint density at radius 2 is 1.58 bits per heavy atom. The zero-order valence-corrected chi connectivity index (χ0v) is 20.1. The lowest BCUT2D eigenvalue weighted by atomic mass is 10.1. The quantitative estimate of drug-likeness (QED) is 0.241. The zero-order valence-electron chi connectivity index (χ0n) is 20.1. The number of aromatic nitrogens is 4. The van der Waals surface area contributed by atoms with E-state index in [1.807, 2.05) is 0 Å². The maximum absolute atomic E-state index is 12.9. The summed E-state index contributed by atoms with van der Waals surface area (Å²) in [5, 5.41) is 14.9. The lowest BCUT2D eigenvalue weighted by Crippen LogP contribution is -2.17. The van der Waals surface area contributed by atoms with Crippen molar-refractivity contribution in [3.63, 3.8) is 0 Å². The minimum Gasteiger partial charge on any atom is -0.394 e. The van der Waals surface area contributed by atoms with Crippen LogP contribution in [-0.2, 0) is 39.8 Å². The number of nitrogens with zero attached hydrogens (tertiary/aromatic N) is 4. The van der Waals surface area contributed by atoms with Crippen LogP contribution >= 0.6 is 0 Å². The van der Waals surface area contributed by atoms with E-state index in [0.29, 0.717) is 58.0 Å². The number of nitrogens with one attached hydrogen (secondary N) is 2. The first-order valence-corrected chi connectivity index (χ1v) is 12.1. The highest BCUT2D eigenvalue weighted by molar-refractivity contribution is 5.51. The van der Waals surface area contributed by atoms with Crippen LogP contribution in [-0.4, -0.2) is 77.8 Å². The molecule has 0 fully saturated rings. The number of hydrogen-bond acceptors (Lipinski definition) is 10. The Bertz CT molecular complexity index is 935. The van der Waals surface area contributed by atoms with Gasteiger partial charge in [0.25, 0.3) is 0 Å². The Morgan fingerprint density at radius 3 is 2.33 bits per heavy atom. The summed E-state index contributed by atoms with van der Waals surface area (Å²) in [6.07, 6.45) is 1.41. The molecule has 1 aliphatic carbocycles. The van der Waals surface area contributed by atoms with Crippen LogP contribution in [0.1, 0.15) is 42.0 Å². The third-order valence-corrected chi connectivity index (χ3v) is 5.35. The normalized spacial score (nSPS) is 13.8. The number of aliphatic hydroxyl groups is 1. The maximum atomic E-state index is 12.9. The fourth-order valence-corrected chi connectivity index (χ4v) is 3.64. The molecule has 200 valence electrons. The van der Waals surface area contributed by atoms with Gasteiger partial charge in [-0.3, -0.25) is 0 Å². The van der Waals surface area contributed by atoms with Gasteiger partial charge >= 0.3 is 6.18 Å². The molecular weight excluding hydrogens is 481 g/mol. The molecule has 0 atom stereocenters. The van der Waals surface area contributed by atoms with Gasteiger partial charge in [0.05, 0.1) is 58.5 Å². The summed E-state index contributed by atoms with van der Waals surface area (Å²) >= 11 is 0. The minimum atomic E-state index is -4.53. The van der Waals surface area contributed by atoms with Crippen LogP contribution in [0.15, 0.2) is 12.3 Å². The molecule has 2 aromatic heterocycles. The van der Waals surface area contributed by atoms with Crippen molar-refractivity contribution in [1.82, 2.24) is 19.9 Å². The number of ether oxygens (including phenoxy) is 3. The highest BCUT2D eigenvalue weighted by atomic mass is 19.4. The summed E-state index contributed by atoms with van der Waals surface area (Å²) in [4.78, 5) is 16.7. The fraction of sp³-hybridized carbons (Fsp3) is 0.652. The second-order valence-corrected chi connectivity index (χ2v) is 8.08. The summed E-state index contributed by atoms with van der Waals surface area (Å²) in [5.74, 6) is 1.03. The average Bonchev–Trinajstić information content (AvgIpc) is 3.11. The molecule has 0 bridgehead atoms. The van der Waals surface area contributed by atoms with E-state index in [9.17, 15) is 13.2 Å². The molecule has 2 heterocycles. The van der Waals surface area contributed by atoms with Gasteiger partial charge in [0.2, 0.25) is 5.95 Å². The SMILES string of the molecule is OCCOCCOCCOCCNc1nc(NCc2nccc(C(F)(F)F)n2)nc2c1CCCCC2. The first-order valence-electron chi connectivity index (χ1n) is 12.1. The summed E-state index contributed by atoms with van der Waals surface area (Å²) in [7, 11) is 0. The van der Waals surface area contributed by atoms with Crippen LogP contribution in [0, 0.1) is 0 Å². The first kappa shape index (κ1) is 28.0. The number of aliphatic hydroxyl groups excluding tert-OH is 1. The lowest BCUT2D eigenvalue weighted by Gasteiger charge is -2.16. The zero-order chi connectivity index (χ0) is 25.6. The molecule has 0 spiro atoms. The van der Waals surface area contributed by atoms with Crippen LogP contribution in [0.25, 0.3) is 0 Å². The number of alkyl halides is 3. The summed E-state index contributed by atoms with van der Waals surface area (Å²) in [5.41, 5.74) is 1.02. The molecule has 0 aliphatic heterocycles. The monoisotopic (exact) mass is 514 g/mol. The topological polar surface area (TPSA) is 124 Å². The van der Waals surface area contributed by atoms with Crippen molar-refractivity contribution in [3.8, 4) is 0 Å². The van der Waals surface area contributed by atoms with Crippen LogP contribution in [0.4, 0.5) is 24.9 Å². The molecule has 0 radical (unpaired) electrons. The van der Waals surface area contributed by atoms with Crippen LogP contribution in [0.3, 0.4) is 0 Å². The predicted molar refractivity (Wildman–Crippen MR) is 126 cm³/mol. The minimum absolute atomic E-state index is 0.00650. The third-order valence-electron chi connectivity index (χ3n) is 5.35. The van der Waals surface area contributed by atoms with E-state index in [2.05, 4.69) is 30.6 Å². The molecule has 0 saturated heterocycles. The smallest absolute Gasteiger partial charge is 0.394 e. The molecule has 36 heavy (non-hydrogen) atoms. The first-order chi connectivity index (χ1) is 17.5. The molecule has 10 nitrogen and oxygen atoms in total. The highest BCUT2D eigenvalue weighted by Gasteiger charge is 2.32. The summed E-state index contributed by atoms with van der Waals surface area (Å²) in [6, 6.07) is 0.840. The van der Waals surface area contributed by atoms with Gasteiger partial charge in [0, 0.05) is 18.3 Å². The van der Waals surface area contributed by atoms with Crippen molar-refractivity contribution in [1.29, 1.82) is 0 Å². The van der Waals surface area contributed by atoms with E-state index in [0.717, 1.165) is 55.6 Å². The number of fused-ring (bicyclic) bond motifs is 1. The third kappa shape index (κ3) is 9.45. The van der Waals surface area contributed by atoms with Crippen LogP contribution in [0.2, 0.25) is 0 Å². The molecule has 0 amide bonds. The van der Waals surface area contributed by atoms with E-state index in [1.54, 1.807) is 0 Å². The van der Waals surface area contributed by atoms with Crippen molar-refractivity contribution in [3.05, 3.63) is 35.0 Å². The molecule has 1 aliphatic rings. The van der Waals surface area contributed by atoms with E-state index in [-0.39, 0.29) is 19.0 Å². The maximum Gasteiger partial charge on any atom is 0.433 e. The lowest BCUT2D eigenvalue weighted by molar-refractivity contribution is -0.141. The molecule has 13 heteroatoms. The van der Waals surface area contributed by atoms with Gasteiger partial charge in [-0.05, 0) is 31.7 Å². The van der Waals surface area contributed by atoms with E-state index in [4.69, 9.17) is 19.3 Å². The molecule has 0 unspecified atom stereocenters. The fourth-order valence-electron chi connectivity index (χ4n) is 3.64. The van der Waals surface area contributed by atoms with E-state index < -0.39 is 11.9 Å². The Balaban J connectivity index is 1.51. The Hall–Kier alpha value is -2.61. The molecule has 3 N–H and O–H groups in total. The average molecular weight is 515 g/mol. The highest BCUT2D eigenvalue weighted by Crippen LogP contribution is 2.28. The Kier molecular flexibility index (Phi) is 11.5. The number of rotatable bonds is 15. The number of hydrogen-bond donors (Lipinski definition) is 3. The predicted octanol–water partition coefficient (Wildman–Crippen LogP) is 2.62. The van der Waals surface area contributed by atoms with Crippen molar-refractivity contribution in [2.75, 3.05) is 63.4 Å². The van der Waals surface area contributed by atoms with E-state index >= 15 is 0 Å². The van der Waals surface area contributed by atoms with Gasteiger partial charge in [-0.15, -0.1) is 0 Å². The standard InChI is InChI=1S/C23H33F3N6O4/c24-23(25,26)19-6-7-27-20(31-19)16-29-22-30-18-5-3-1-2-4-17(18)21(32-22)28-8-10-34-12-14-36-15-13-35-11-9-33/h6-7,33H,1-5,8-16H2,(H2,28,29,30,32). The second kappa shape index (κ2) is 14.8. The van der Waals surface area contributed by atoms with E-state index in [1.165, 1.54) is 0 Å². The van der Waals surface area contributed by atoms with Gasteiger partial charge in [0.15, 0.2) is 0 Å². The molecular formula is C23H33F3N6O4. The molecule has 0 saturated carbocycles. The number of aryl methyl sites for hydroxylation is 1. The molecule has 0 aromatic carbocycles. The van der Waals surface area contributed by atoms with Gasteiger partial charge in [-0.1, -0.05) is 6.42 Å². The van der Waals surface area contributed by atoms with Crippen molar-refractivity contribution in [2.24, 2.45) is 0 Å². The summed E-state index contributed by atoms with van der Waals surface area (Å²) < 4.78 is 54.9. The molecule has 2 aromatic rings. The number of halogens is 3. The van der Waals surface area contributed by atoms with Crippen LogP contribution in [0.5, 0.6) is 0 Å². The largest absolute Gasteiger partial charge is 0.433 e. The number of anilines is 2. The van der Waals surface area contributed by atoms with Gasteiger partial charge in [-0.25, -0.2) is 15.0 Å². The Morgan fingerprint density at radius 1 is 0.861 bits per heavy atom. The van der Waals surface area contributed by atoms with Crippen LogP contribution < -0.4 is 10.6 Å². The van der Waals surface area contributed by atoms with Crippen molar-refractivity contribution >= 4 is 11.8 Å². The van der Waals surface area contributed by atoms with Gasteiger partial charge in [0.1, 0.15) is 17.3 Å². The van der Waals surface area contributed by atoms with Gasteiger partial charge < -0.3 is 30.0 Å². The second-order valence-electron chi connectivity index (χ2n) is 8.08. The molecule has 3 rings (SSSR count). The Labute approximate surface area is 208 Å².